The SMILES string of the molecule is CCOC1(OCC)C2c3c(C(C)(C)C)ccc(OC(C)=O)c3C([n+]3ccccc32)C1(C)C. The molecule has 2 bridgehead atoms. The Labute approximate surface area is 191 Å². The molecule has 0 radical (unpaired) electrons. The van der Waals surface area contributed by atoms with E-state index in [1.54, 1.807) is 0 Å². The normalized spacial score (nSPS) is 22.2. The molecule has 0 saturated heterocycles. The summed E-state index contributed by atoms with van der Waals surface area (Å²) in [5, 5.41) is 0. The third kappa shape index (κ3) is 3.05. The lowest BCUT2D eigenvalue weighted by Gasteiger charge is -2.58. The summed E-state index contributed by atoms with van der Waals surface area (Å²) >= 11 is 0. The van der Waals surface area contributed by atoms with Crippen LogP contribution in [-0.2, 0) is 19.7 Å². The second kappa shape index (κ2) is 7.67. The zero-order valence-corrected chi connectivity index (χ0v) is 20.6. The van der Waals surface area contributed by atoms with E-state index in [0.717, 1.165) is 11.3 Å². The first-order chi connectivity index (χ1) is 15.0. The fraction of sp³-hybridized carbons (Fsp3) is 0.556. The first-order valence-corrected chi connectivity index (χ1v) is 11.6. The summed E-state index contributed by atoms with van der Waals surface area (Å²) in [7, 11) is 0. The van der Waals surface area contributed by atoms with Crippen LogP contribution >= 0.6 is 0 Å². The van der Waals surface area contributed by atoms with Gasteiger partial charge in [-0.05, 0) is 50.3 Å². The van der Waals surface area contributed by atoms with Crippen LogP contribution in [0.25, 0.3) is 0 Å². The number of rotatable bonds is 5. The first-order valence-electron chi connectivity index (χ1n) is 11.6. The predicted octanol–water partition coefficient (Wildman–Crippen LogP) is 5.04. The molecule has 3 aliphatic rings. The highest BCUT2D eigenvalue weighted by Gasteiger charge is 2.71. The van der Waals surface area contributed by atoms with Crippen molar-refractivity contribution in [1.82, 2.24) is 0 Å². The molecule has 2 unspecified atom stereocenters. The largest absolute Gasteiger partial charge is 0.426 e. The van der Waals surface area contributed by atoms with Gasteiger partial charge in [-0.3, -0.25) is 4.79 Å². The van der Waals surface area contributed by atoms with E-state index in [1.807, 2.05) is 19.9 Å². The zero-order chi connectivity index (χ0) is 23.5. The van der Waals surface area contributed by atoms with E-state index in [4.69, 9.17) is 14.2 Å². The van der Waals surface area contributed by atoms with Gasteiger partial charge in [0, 0.05) is 32.3 Å². The highest BCUT2D eigenvalue weighted by atomic mass is 16.7. The van der Waals surface area contributed by atoms with Crippen molar-refractivity contribution in [2.24, 2.45) is 5.41 Å². The fourth-order valence-corrected chi connectivity index (χ4v) is 6.01. The number of nitrogens with zero attached hydrogens (tertiary/aromatic N) is 1. The van der Waals surface area contributed by atoms with Crippen LogP contribution in [0.2, 0.25) is 0 Å². The molecule has 1 aliphatic carbocycles. The van der Waals surface area contributed by atoms with Gasteiger partial charge in [0.1, 0.15) is 11.7 Å². The summed E-state index contributed by atoms with van der Waals surface area (Å²) in [5.41, 5.74) is 4.10. The monoisotopic (exact) mass is 438 g/mol. The van der Waals surface area contributed by atoms with E-state index in [2.05, 4.69) is 69.6 Å². The molecule has 32 heavy (non-hydrogen) atoms. The van der Waals surface area contributed by atoms with Crippen LogP contribution in [0.15, 0.2) is 36.5 Å². The van der Waals surface area contributed by atoms with Crippen LogP contribution in [0.4, 0.5) is 0 Å². The third-order valence-electron chi connectivity index (χ3n) is 7.05. The van der Waals surface area contributed by atoms with E-state index in [0.29, 0.717) is 19.0 Å². The Morgan fingerprint density at radius 2 is 1.69 bits per heavy atom. The summed E-state index contributed by atoms with van der Waals surface area (Å²) in [4.78, 5) is 12.0. The van der Waals surface area contributed by atoms with Crippen LogP contribution in [0.3, 0.4) is 0 Å². The second-order valence-electron chi connectivity index (χ2n) is 10.4. The lowest BCUT2D eigenvalue weighted by atomic mass is 9.55. The van der Waals surface area contributed by atoms with Crippen LogP contribution in [0, 0.1) is 5.41 Å². The number of hydrogen-bond acceptors (Lipinski definition) is 4. The molecule has 0 amide bonds. The number of fused-ring (bicyclic) bond motifs is 1. The minimum absolute atomic E-state index is 0.107. The maximum atomic E-state index is 12.0. The molecule has 0 N–H and O–H groups in total. The van der Waals surface area contributed by atoms with Gasteiger partial charge in [0.15, 0.2) is 23.7 Å². The van der Waals surface area contributed by atoms with Crippen LogP contribution < -0.4 is 9.30 Å². The number of benzene rings is 1. The molecule has 0 fully saturated rings. The third-order valence-corrected chi connectivity index (χ3v) is 7.05. The molecular weight excluding hydrogens is 402 g/mol. The number of hydrogen-bond donors (Lipinski definition) is 0. The predicted molar refractivity (Wildman–Crippen MR) is 123 cm³/mol. The van der Waals surface area contributed by atoms with Crippen LogP contribution in [0.1, 0.15) is 89.7 Å². The zero-order valence-electron chi connectivity index (χ0n) is 20.6. The van der Waals surface area contributed by atoms with E-state index in [-0.39, 0.29) is 23.3 Å². The van der Waals surface area contributed by atoms with Crippen molar-refractivity contribution in [2.45, 2.75) is 78.6 Å². The summed E-state index contributed by atoms with van der Waals surface area (Å²) in [5.74, 6) is -0.686. The highest BCUT2D eigenvalue weighted by Crippen LogP contribution is 2.64. The molecule has 0 spiro atoms. The smallest absolute Gasteiger partial charge is 0.308 e. The maximum Gasteiger partial charge on any atom is 0.308 e. The number of carbonyl (C=O) groups is 1. The molecule has 1 aromatic heterocycles. The Kier molecular flexibility index (Phi) is 5.50. The minimum Gasteiger partial charge on any atom is -0.426 e. The summed E-state index contributed by atoms with van der Waals surface area (Å²) in [6, 6.07) is 10.3. The van der Waals surface area contributed by atoms with Crippen molar-refractivity contribution in [3.8, 4) is 5.75 Å². The van der Waals surface area contributed by atoms with Crippen molar-refractivity contribution in [3.63, 3.8) is 0 Å². The van der Waals surface area contributed by atoms with E-state index < -0.39 is 11.2 Å². The van der Waals surface area contributed by atoms with Gasteiger partial charge in [-0.1, -0.05) is 32.9 Å². The quantitative estimate of drug-likeness (QED) is 0.284. The highest BCUT2D eigenvalue weighted by molar-refractivity contribution is 5.71. The Balaban J connectivity index is 2.17. The van der Waals surface area contributed by atoms with Gasteiger partial charge in [-0.25, -0.2) is 0 Å². The molecule has 5 heteroatoms. The van der Waals surface area contributed by atoms with Gasteiger partial charge in [0.05, 0.1) is 11.0 Å². The van der Waals surface area contributed by atoms with Crippen molar-refractivity contribution >= 4 is 5.97 Å². The molecule has 2 aromatic rings. The molecule has 5 nitrogen and oxygen atoms in total. The number of carbonyl (C=O) groups excluding carboxylic acids is 1. The molecule has 5 rings (SSSR count). The average Bonchev–Trinajstić information content (AvgIpc) is 2.69. The standard InChI is InChI=1S/C27H36NO4/c1-9-30-27(31-10-2)23-19-13-11-12-16-28(19)24(26(27,7)8)22-20(32-17(3)29)15-14-18(21(22)23)25(4,5)6/h11-16,23-24H,9-10H2,1-8H3/q+1. The second-order valence-corrected chi connectivity index (χ2v) is 10.4. The van der Waals surface area contributed by atoms with E-state index in [9.17, 15) is 4.79 Å². The van der Waals surface area contributed by atoms with Crippen molar-refractivity contribution in [2.75, 3.05) is 13.2 Å². The van der Waals surface area contributed by atoms with Crippen molar-refractivity contribution in [1.29, 1.82) is 0 Å². The summed E-state index contributed by atoms with van der Waals surface area (Å²) in [6.07, 6.45) is 2.13. The molecule has 2 atom stereocenters. The van der Waals surface area contributed by atoms with Gasteiger partial charge in [0.2, 0.25) is 0 Å². The lowest BCUT2D eigenvalue weighted by Crippen LogP contribution is -2.72. The number of esters is 1. The van der Waals surface area contributed by atoms with Gasteiger partial charge in [0.25, 0.3) is 0 Å². The molecule has 1 aromatic carbocycles. The Bertz CT molecular complexity index is 1040. The topological polar surface area (TPSA) is 48.6 Å². The first kappa shape index (κ1) is 22.9. The molecule has 0 saturated carbocycles. The average molecular weight is 439 g/mol. The van der Waals surface area contributed by atoms with Crippen LogP contribution in [0.5, 0.6) is 5.75 Å². The van der Waals surface area contributed by atoms with E-state index in [1.165, 1.54) is 18.1 Å². The molecule has 3 heterocycles. The van der Waals surface area contributed by atoms with Crippen molar-refractivity contribution in [3.05, 3.63) is 58.9 Å². The Hall–Kier alpha value is -2.24. The number of ether oxygens (including phenoxy) is 3. The summed E-state index contributed by atoms with van der Waals surface area (Å²) in [6.45, 7) is 17.7. The van der Waals surface area contributed by atoms with Gasteiger partial charge >= 0.3 is 5.97 Å². The molecular formula is C27H36NO4+. The number of aromatic nitrogens is 1. The van der Waals surface area contributed by atoms with Gasteiger partial charge in [-0.15, -0.1) is 0 Å². The molecule has 2 aliphatic heterocycles. The molecule has 172 valence electrons. The minimum atomic E-state index is -0.843. The fourth-order valence-electron chi connectivity index (χ4n) is 6.01. The van der Waals surface area contributed by atoms with Gasteiger partial charge in [-0.2, -0.15) is 4.57 Å². The lowest BCUT2D eigenvalue weighted by molar-refractivity contribution is -0.755. The van der Waals surface area contributed by atoms with E-state index >= 15 is 0 Å². The van der Waals surface area contributed by atoms with Crippen LogP contribution in [-0.4, -0.2) is 25.0 Å². The maximum absolute atomic E-state index is 12.0. The van der Waals surface area contributed by atoms with Gasteiger partial charge < -0.3 is 14.2 Å². The van der Waals surface area contributed by atoms with Crippen molar-refractivity contribution < 1.29 is 23.6 Å². The Morgan fingerprint density at radius 1 is 1.03 bits per heavy atom. The Morgan fingerprint density at radius 3 is 2.25 bits per heavy atom. The number of pyridine rings is 1. The summed E-state index contributed by atoms with van der Waals surface area (Å²) < 4.78 is 21.4.